The van der Waals surface area contributed by atoms with E-state index in [1.807, 2.05) is 0 Å². The van der Waals surface area contributed by atoms with Gasteiger partial charge in [0.2, 0.25) is 0 Å². The molecule has 0 amide bonds. The molecular formula is C14H27N3. The molecule has 2 atom stereocenters. The van der Waals surface area contributed by atoms with E-state index in [2.05, 4.69) is 30.1 Å². The number of rotatable bonds is 7. The summed E-state index contributed by atoms with van der Waals surface area (Å²) in [6.45, 7) is 8.93. The first-order valence-corrected chi connectivity index (χ1v) is 7.17. The highest BCUT2D eigenvalue weighted by atomic mass is 15.1. The molecule has 1 N–H and O–H groups in total. The van der Waals surface area contributed by atoms with Gasteiger partial charge >= 0.3 is 0 Å². The van der Waals surface area contributed by atoms with Gasteiger partial charge in [0.1, 0.15) is 0 Å². The van der Waals surface area contributed by atoms with Crippen molar-refractivity contribution in [2.45, 2.75) is 52.0 Å². The molecule has 1 fully saturated rings. The molecule has 17 heavy (non-hydrogen) atoms. The van der Waals surface area contributed by atoms with Crippen molar-refractivity contribution in [3.05, 3.63) is 0 Å². The lowest BCUT2D eigenvalue weighted by Crippen LogP contribution is -2.39. The average Bonchev–Trinajstić information content (AvgIpc) is 2.39. The van der Waals surface area contributed by atoms with Crippen LogP contribution in [0.4, 0.5) is 0 Å². The summed E-state index contributed by atoms with van der Waals surface area (Å²) < 4.78 is 0. The molecule has 3 heteroatoms. The molecule has 0 heterocycles. The standard InChI is InChI=1S/C14H27N3/c1-3-17(4-2)11-7-10-16-14-9-6-5-8-13(14)12-15/h13-14,16H,3-11H2,1-2H3. The number of nitrogens with zero attached hydrogens (tertiary/aromatic N) is 2. The molecule has 98 valence electrons. The van der Waals surface area contributed by atoms with E-state index in [1.165, 1.54) is 32.2 Å². The van der Waals surface area contributed by atoms with Gasteiger partial charge in [0, 0.05) is 6.04 Å². The predicted molar refractivity (Wildman–Crippen MR) is 71.8 cm³/mol. The normalized spacial score (nSPS) is 24.8. The molecule has 3 nitrogen and oxygen atoms in total. The van der Waals surface area contributed by atoms with Crippen molar-refractivity contribution in [1.82, 2.24) is 10.2 Å². The summed E-state index contributed by atoms with van der Waals surface area (Å²) in [7, 11) is 0. The fraction of sp³-hybridized carbons (Fsp3) is 0.929. The van der Waals surface area contributed by atoms with Gasteiger partial charge in [0.15, 0.2) is 0 Å². The van der Waals surface area contributed by atoms with Crippen molar-refractivity contribution < 1.29 is 0 Å². The first kappa shape index (κ1) is 14.5. The number of hydrogen-bond donors (Lipinski definition) is 1. The Morgan fingerprint density at radius 2 is 1.94 bits per heavy atom. The minimum absolute atomic E-state index is 0.247. The maximum Gasteiger partial charge on any atom is 0.0672 e. The van der Waals surface area contributed by atoms with Crippen LogP contribution in [0.1, 0.15) is 46.0 Å². The Labute approximate surface area is 106 Å². The highest BCUT2D eigenvalue weighted by molar-refractivity contribution is 4.94. The van der Waals surface area contributed by atoms with Crippen molar-refractivity contribution >= 4 is 0 Å². The van der Waals surface area contributed by atoms with E-state index in [0.717, 1.165) is 26.1 Å². The summed E-state index contributed by atoms with van der Waals surface area (Å²) in [5.41, 5.74) is 0. The molecule has 0 aromatic rings. The van der Waals surface area contributed by atoms with Gasteiger partial charge in [-0.1, -0.05) is 26.7 Å². The molecule has 2 unspecified atom stereocenters. The van der Waals surface area contributed by atoms with Crippen LogP contribution < -0.4 is 5.32 Å². The zero-order valence-corrected chi connectivity index (χ0v) is 11.4. The SMILES string of the molecule is CCN(CC)CCCNC1CCCCC1C#N. The quantitative estimate of drug-likeness (QED) is 0.691. The average molecular weight is 237 g/mol. The van der Waals surface area contributed by atoms with Crippen LogP contribution in [-0.2, 0) is 0 Å². The molecule has 0 aromatic heterocycles. The predicted octanol–water partition coefficient (Wildman–Crippen LogP) is 2.39. The van der Waals surface area contributed by atoms with E-state index in [4.69, 9.17) is 5.26 Å². The van der Waals surface area contributed by atoms with Crippen LogP contribution in [0.2, 0.25) is 0 Å². The number of nitriles is 1. The van der Waals surface area contributed by atoms with Gasteiger partial charge in [-0.05, 0) is 45.4 Å². The van der Waals surface area contributed by atoms with Crippen LogP contribution in [0.25, 0.3) is 0 Å². The van der Waals surface area contributed by atoms with Crippen LogP contribution in [0.15, 0.2) is 0 Å². The third-order valence-electron chi connectivity index (χ3n) is 3.88. The van der Waals surface area contributed by atoms with Crippen molar-refractivity contribution in [2.24, 2.45) is 5.92 Å². The number of nitrogens with one attached hydrogen (secondary N) is 1. The Morgan fingerprint density at radius 1 is 1.24 bits per heavy atom. The minimum Gasteiger partial charge on any atom is -0.313 e. The lowest BCUT2D eigenvalue weighted by molar-refractivity contribution is 0.278. The van der Waals surface area contributed by atoms with Crippen molar-refractivity contribution in [3.8, 4) is 6.07 Å². The van der Waals surface area contributed by atoms with Gasteiger partial charge in [-0.25, -0.2) is 0 Å². The fourth-order valence-corrected chi connectivity index (χ4v) is 2.66. The van der Waals surface area contributed by atoms with E-state index in [-0.39, 0.29) is 5.92 Å². The van der Waals surface area contributed by atoms with Gasteiger partial charge in [-0.15, -0.1) is 0 Å². The molecule has 0 radical (unpaired) electrons. The minimum atomic E-state index is 0.247. The Balaban J connectivity index is 2.15. The summed E-state index contributed by atoms with van der Waals surface area (Å²) >= 11 is 0. The molecule has 1 rings (SSSR count). The van der Waals surface area contributed by atoms with Crippen LogP contribution in [-0.4, -0.2) is 37.1 Å². The summed E-state index contributed by atoms with van der Waals surface area (Å²) in [4.78, 5) is 2.45. The smallest absolute Gasteiger partial charge is 0.0672 e. The van der Waals surface area contributed by atoms with Gasteiger partial charge in [0.25, 0.3) is 0 Å². The Kier molecular flexibility index (Phi) is 7.23. The third-order valence-corrected chi connectivity index (χ3v) is 3.88. The molecule has 1 aliphatic carbocycles. The second-order valence-electron chi connectivity index (χ2n) is 4.96. The highest BCUT2D eigenvalue weighted by Gasteiger charge is 2.23. The largest absolute Gasteiger partial charge is 0.313 e. The van der Waals surface area contributed by atoms with Gasteiger partial charge in [0.05, 0.1) is 12.0 Å². The van der Waals surface area contributed by atoms with Crippen LogP contribution in [0.5, 0.6) is 0 Å². The van der Waals surface area contributed by atoms with Crippen LogP contribution >= 0.6 is 0 Å². The molecule has 1 saturated carbocycles. The van der Waals surface area contributed by atoms with Gasteiger partial charge in [-0.3, -0.25) is 0 Å². The molecule has 0 bridgehead atoms. The van der Waals surface area contributed by atoms with Crippen LogP contribution in [0, 0.1) is 17.2 Å². The first-order chi connectivity index (χ1) is 8.31. The van der Waals surface area contributed by atoms with Crippen LogP contribution in [0.3, 0.4) is 0 Å². The maximum atomic E-state index is 9.08. The third kappa shape index (κ3) is 5.06. The molecule has 1 aliphatic rings. The molecule has 0 aliphatic heterocycles. The maximum absolute atomic E-state index is 9.08. The molecule has 0 saturated heterocycles. The Bertz CT molecular complexity index is 230. The van der Waals surface area contributed by atoms with Gasteiger partial charge in [-0.2, -0.15) is 5.26 Å². The monoisotopic (exact) mass is 237 g/mol. The fourth-order valence-electron chi connectivity index (χ4n) is 2.66. The first-order valence-electron chi connectivity index (χ1n) is 7.17. The van der Waals surface area contributed by atoms with E-state index < -0.39 is 0 Å². The molecule has 0 aromatic carbocycles. The summed E-state index contributed by atoms with van der Waals surface area (Å²) in [5, 5.41) is 12.7. The van der Waals surface area contributed by atoms with Crippen molar-refractivity contribution in [2.75, 3.05) is 26.2 Å². The van der Waals surface area contributed by atoms with E-state index in [9.17, 15) is 0 Å². The van der Waals surface area contributed by atoms with E-state index in [1.54, 1.807) is 0 Å². The second kappa shape index (κ2) is 8.49. The lowest BCUT2D eigenvalue weighted by atomic mass is 9.85. The molecular weight excluding hydrogens is 210 g/mol. The van der Waals surface area contributed by atoms with Crippen molar-refractivity contribution in [1.29, 1.82) is 5.26 Å². The van der Waals surface area contributed by atoms with Gasteiger partial charge < -0.3 is 10.2 Å². The van der Waals surface area contributed by atoms with Crippen molar-refractivity contribution in [3.63, 3.8) is 0 Å². The Morgan fingerprint density at radius 3 is 2.59 bits per heavy atom. The lowest BCUT2D eigenvalue weighted by Gasteiger charge is -2.28. The van der Waals surface area contributed by atoms with E-state index >= 15 is 0 Å². The zero-order valence-electron chi connectivity index (χ0n) is 11.4. The second-order valence-corrected chi connectivity index (χ2v) is 4.96. The summed E-state index contributed by atoms with van der Waals surface area (Å²) in [6.07, 6.45) is 5.98. The topological polar surface area (TPSA) is 39.1 Å². The zero-order chi connectivity index (χ0) is 12.5. The highest BCUT2D eigenvalue weighted by Crippen LogP contribution is 2.23. The Hall–Kier alpha value is -0.590. The summed E-state index contributed by atoms with van der Waals surface area (Å²) in [6, 6.07) is 2.90. The summed E-state index contributed by atoms with van der Waals surface area (Å²) in [5.74, 6) is 0.247. The molecule has 0 spiro atoms. The number of hydrogen-bond acceptors (Lipinski definition) is 3. The van der Waals surface area contributed by atoms with E-state index in [0.29, 0.717) is 6.04 Å².